The molecular formula is C14H12IN. The van der Waals surface area contributed by atoms with Gasteiger partial charge in [-0.25, -0.2) is 4.98 Å². The fourth-order valence-electron chi connectivity index (χ4n) is 1.88. The van der Waals surface area contributed by atoms with Crippen molar-refractivity contribution in [2.45, 2.75) is 6.92 Å². The number of hydrogen-bond donors (Lipinski definition) is 0. The van der Waals surface area contributed by atoms with E-state index < -0.39 is 0 Å². The molecule has 0 aliphatic carbocycles. The first-order chi connectivity index (χ1) is 7.33. The molecule has 0 aliphatic rings. The second-order valence-corrected chi connectivity index (χ2v) is 3.88. The van der Waals surface area contributed by atoms with Crippen LogP contribution in [0, 0.1) is 6.92 Å². The number of hydrogen-bond acceptors (Lipinski definition) is 1. The van der Waals surface area contributed by atoms with Gasteiger partial charge in [0, 0.05) is 10.8 Å². The van der Waals surface area contributed by atoms with Gasteiger partial charge < -0.3 is 0 Å². The van der Waals surface area contributed by atoms with Crippen molar-refractivity contribution in [3.8, 4) is 0 Å². The fourth-order valence-corrected chi connectivity index (χ4v) is 1.88. The first-order valence-corrected chi connectivity index (χ1v) is 5.09. The summed E-state index contributed by atoms with van der Waals surface area (Å²) in [6.45, 7) is 2.09. The van der Waals surface area contributed by atoms with Crippen LogP contribution in [0.1, 0.15) is 5.56 Å². The molecule has 0 radical (unpaired) electrons. The maximum absolute atomic E-state index is 4.64. The summed E-state index contributed by atoms with van der Waals surface area (Å²) in [5.74, 6) is 0. The standard InChI is InChI=1S/C14H11N.HI/c1-10-6-7-12-9-11-4-2-3-5-13(11)15-14(12)8-10;/h2-9H,1H3;1H. The Morgan fingerprint density at radius 2 is 1.56 bits per heavy atom. The van der Waals surface area contributed by atoms with Crippen molar-refractivity contribution in [3.63, 3.8) is 0 Å². The van der Waals surface area contributed by atoms with E-state index >= 15 is 0 Å². The maximum Gasteiger partial charge on any atom is 0.0712 e. The van der Waals surface area contributed by atoms with Gasteiger partial charge >= 0.3 is 0 Å². The van der Waals surface area contributed by atoms with E-state index in [-0.39, 0.29) is 24.0 Å². The number of aromatic nitrogens is 1. The van der Waals surface area contributed by atoms with E-state index in [1.165, 1.54) is 16.3 Å². The van der Waals surface area contributed by atoms with Crippen molar-refractivity contribution in [3.05, 3.63) is 54.1 Å². The average Bonchev–Trinajstić information content (AvgIpc) is 2.26. The summed E-state index contributed by atoms with van der Waals surface area (Å²) in [4.78, 5) is 4.64. The first-order valence-electron chi connectivity index (χ1n) is 5.09. The zero-order valence-corrected chi connectivity index (χ0v) is 11.3. The van der Waals surface area contributed by atoms with Crippen LogP contribution in [0.15, 0.2) is 48.5 Å². The van der Waals surface area contributed by atoms with Gasteiger partial charge in [-0.15, -0.1) is 24.0 Å². The van der Waals surface area contributed by atoms with Crippen molar-refractivity contribution in [2.75, 3.05) is 0 Å². The van der Waals surface area contributed by atoms with Crippen LogP contribution in [0.2, 0.25) is 0 Å². The van der Waals surface area contributed by atoms with E-state index in [9.17, 15) is 0 Å². The molecule has 2 aromatic carbocycles. The Hall–Kier alpha value is -1.16. The highest BCUT2D eigenvalue weighted by atomic mass is 127. The van der Waals surface area contributed by atoms with Crippen molar-refractivity contribution in [2.24, 2.45) is 0 Å². The minimum absolute atomic E-state index is 0. The SMILES string of the molecule is Cc1ccc2cc3ccccc3nc2c1.I. The highest BCUT2D eigenvalue weighted by Gasteiger charge is 1.98. The van der Waals surface area contributed by atoms with E-state index in [0.717, 1.165) is 11.0 Å². The summed E-state index contributed by atoms with van der Waals surface area (Å²) in [5.41, 5.74) is 3.40. The predicted molar refractivity (Wildman–Crippen MR) is 79.4 cm³/mol. The Morgan fingerprint density at radius 1 is 0.812 bits per heavy atom. The monoisotopic (exact) mass is 321 g/mol. The normalized spacial score (nSPS) is 10.3. The molecule has 0 amide bonds. The molecule has 80 valence electrons. The number of rotatable bonds is 0. The summed E-state index contributed by atoms with van der Waals surface area (Å²) < 4.78 is 0. The molecule has 16 heavy (non-hydrogen) atoms. The zero-order chi connectivity index (χ0) is 10.3. The fraction of sp³-hybridized carbons (Fsp3) is 0.0714. The van der Waals surface area contributed by atoms with Gasteiger partial charge in [0.25, 0.3) is 0 Å². The smallest absolute Gasteiger partial charge is 0.0712 e. The van der Waals surface area contributed by atoms with Crippen LogP contribution in [0.4, 0.5) is 0 Å². The van der Waals surface area contributed by atoms with Crippen LogP contribution >= 0.6 is 24.0 Å². The van der Waals surface area contributed by atoms with Gasteiger partial charge in [-0.2, -0.15) is 0 Å². The summed E-state index contributed by atoms with van der Waals surface area (Å²) in [6, 6.07) is 16.8. The molecule has 0 N–H and O–H groups in total. The van der Waals surface area contributed by atoms with Crippen molar-refractivity contribution >= 4 is 45.8 Å². The van der Waals surface area contributed by atoms with Gasteiger partial charge in [0.1, 0.15) is 0 Å². The predicted octanol–water partition coefficient (Wildman–Crippen LogP) is 4.31. The second-order valence-electron chi connectivity index (χ2n) is 3.88. The van der Waals surface area contributed by atoms with Gasteiger partial charge in [-0.3, -0.25) is 0 Å². The number of benzene rings is 2. The number of halogens is 1. The number of fused-ring (bicyclic) bond motifs is 2. The lowest BCUT2D eigenvalue weighted by Gasteiger charge is -2.01. The lowest BCUT2D eigenvalue weighted by atomic mass is 10.1. The third kappa shape index (κ3) is 1.89. The highest BCUT2D eigenvalue weighted by molar-refractivity contribution is 14.0. The topological polar surface area (TPSA) is 12.9 Å². The van der Waals surface area contributed by atoms with Gasteiger partial charge in [0.05, 0.1) is 11.0 Å². The molecule has 2 heteroatoms. The maximum atomic E-state index is 4.64. The second kappa shape index (κ2) is 4.37. The zero-order valence-electron chi connectivity index (χ0n) is 8.97. The molecule has 0 aliphatic heterocycles. The molecule has 0 spiro atoms. The van der Waals surface area contributed by atoms with Crippen LogP contribution in [0.5, 0.6) is 0 Å². The Morgan fingerprint density at radius 3 is 2.44 bits per heavy atom. The number of pyridine rings is 1. The van der Waals surface area contributed by atoms with Crippen LogP contribution in [-0.4, -0.2) is 4.98 Å². The summed E-state index contributed by atoms with van der Waals surface area (Å²) in [6.07, 6.45) is 0. The van der Waals surface area contributed by atoms with Crippen LogP contribution in [0.25, 0.3) is 21.8 Å². The summed E-state index contributed by atoms with van der Waals surface area (Å²) in [5, 5.41) is 2.41. The Labute approximate surface area is 112 Å². The van der Waals surface area contributed by atoms with Gasteiger partial charge in [0.2, 0.25) is 0 Å². The molecule has 1 aromatic heterocycles. The summed E-state index contributed by atoms with van der Waals surface area (Å²) >= 11 is 0. The van der Waals surface area contributed by atoms with Crippen molar-refractivity contribution in [1.82, 2.24) is 4.98 Å². The molecule has 1 nitrogen and oxygen atoms in total. The van der Waals surface area contributed by atoms with E-state index in [0.29, 0.717) is 0 Å². The van der Waals surface area contributed by atoms with Crippen molar-refractivity contribution < 1.29 is 0 Å². The quantitative estimate of drug-likeness (QED) is 0.444. The molecule has 0 bridgehead atoms. The molecule has 0 atom stereocenters. The third-order valence-corrected chi connectivity index (χ3v) is 2.67. The number of aryl methyl sites for hydroxylation is 1. The number of nitrogens with zero attached hydrogens (tertiary/aromatic N) is 1. The van der Waals surface area contributed by atoms with E-state index in [4.69, 9.17) is 0 Å². The van der Waals surface area contributed by atoms with E-state index in [1.54, 1.807) is 0 Å². The molecule has 1 heterocycles. The Kier molecular flexibility index (Phi) is 3.10. The molecular weight excluding hydrogens is 309 g/mol. The van der Waals surface area contributed by atoms with Crippen LogP contribution in [-0.2, 0) is 0 Å². The Balaban J connectivity index is 0.000000963. The van der Waals surface area contributed by atoms with E-state index in [2.05, 4.69) is 48.3 Å². The van der Waals surface area contributed by atoms with Gasteiger partial charge in [0.15, 0.2) is 0 Å². The molecule has 0 saturated heterocycles. The largest absolute Gasteiger partial charge is 0.248 e. The first kappa shape index (κ1) is 11.3. The molecule has 0 fully saturated rings. The molecule has 0 saturated carbocycles. The van der Waals surface area contributed by atoms with Gasteiger partial charge in [-0.1, -0.05) is 30.3 Å². The summed E-state index contributed by atoms with van der Waals surface area (Å²) in [7, 11) is 0. The van der Waals surface area contributed by atoms with E-state index in [1.807, 2.05) is 12.1 Å². The van der Waals surface area contributed by atoms with Crippen LogP contribution in [0.3, 0.4) is 0 Å². The minimum Gasteiger partial charge on any atom is -0.248 e. The Bertz CT molecular complexity index is 646. The lowest BCUT2D eigenvalue weighted by molar-refractivity contribution is 1.44. The van der Waals surface area contributed by atoms with Gasteiger partial charge in [-0.05, 0) is 30.7 Å². The lowest BCUT2D eigenvalue weighted by Crippen LogP contribution is -1.82. The van der Waals surface area contributed by atoms with Crippen LogP contribution < -0.4 is 0 Å². The molecule has 3 aromatic rings. The third-order valence-electron chi connectivity index (χ3n) is 2.67. The number of para-hydroxylation sites is 1. The van der Waals surface area contributed by atoms with Crippen molar-refractivity contribution in [1.29, 1.82) is 0 Å². The molecule has 0 unspecified atom stereocenters. The average molecular weight is 321 g/mol. The minimum atomic E-state index is 0. The molecule has 3 rings (SSSR count). The highest BCUT2D eigenvalue weighted by Crippen LogP contribution is 2.19.